The number of rotatable bonds is 5. The van der Waals surface area contributed by atoms with E-state index in [1.54, 1.807) is 4.90 Å². The normalized spacial score (nSPS) is 16.9. The van der Waals surface area contributed by atoms with Gasteiger partial charge in [0.2, 0.25) is 5.91 Å². The summed E-state index contributed by atoms with van der Waals surface area (Å²) in [5, 5.41) is 0. The molecule has 0 unspecified atom stereocenters. The van der Waals surface area contributed by atoms with Gasteiger partial charge in [0.25, 0.3) is 0 Å². The van der Waals surface area contributed by atoms with Gasteiger partial charge in [-0.15, -0.1) is 12.4 Å². The number of hydrogen-bond donors (Lipinski definition) is 0. The molecule has 4 nitrogen and oxygen atoms in total. The van der Waals surface area contributed by atoms with Gasteiger partial charge in [0.05, 0.1) is 0 Å². The zero-order valence-electron chi connectivity index (χ0n) is 16.9. The Hall–Kier alpha value is -2.69. The Morgan fingerprint density at radius 1 is 0.897 bits per heavy atom. The first-order chi connectivity index (χ1) is 13.5. The summed E-state index contributed by atoms with van der Waals surface area (Å²) in [6.45, 7) is 1.40. The number of hydrogen-bond acceptors (Lipinski definition) is 3. The number of carbonyl (C=O) groups excluding carboxylic acids is 2. The van der Waals surface area contributed by atoms with Crippen molar-refractivity contribution in [1.82, 2.24) is 9.80 Å². The first-order valence-electron chi connectivity index (χ1n) is 9.51. The Balaban J connectivity index is 0.00000300. The van der Waals surface area contributed by atoms with Crippen LogP contribution in [0.5, 0.6) is 0 Å². The first-order valence-corrected chi connectivity index (χ1v) is 9.51. The highest BCUT2D eigenvalue weighted by Crippen LogP contribution is 2.22. The van der Waals surface area contributed by atoms with Gasteiger partial charge in [0.15, 0.2) is 5.78 Å². The summed E-state index contributed by atoms with van der Waals surface area (Å²) in [6.07, 6.45) is 4.23. The fourth-order valence-corrected chi connectivity index (χ4v) is 3.19. The van der Waals surface area contributed by atoms with E-state index in [1.807, 2.05) is 91.8 Å². The quantitative estimate of drug-likeness (QED) is 0.701. The molecule has 1 heterocycles. The van der Waals surface area contributed by atoms with Crippen molar-refractivity contribution >= 4 is 36.2 Å². The Bertz CT molecular complexity index is 828. The number of halogens is 1. The van der Waals surface area contributed by atoms with Crippen molar-refractivity contribution in [3.05, 3.63) is 82.9 Å². The van der Waals surface area contributed by atoms with E-state index in [0.717, 1.165) is 11.1 Å². The lowest BCUT2D eigenvalue weighted by molar-refractivity contribution is -0.131. The summed E-state index contributed by atoms with van der Waals surface area (Å²) in [5.41, 5.74) is 3.23. The van der Waals surface area contributed by atoms with Gasteiger partial charge in [0, 0.05) is 37.2 Å². The van der Waals surface area contributed by atoms with Gasteiger partial charge in [-0.3, -0.25) is 9.59 Å². The fraction of sp³-hybridized carbons (Fsp3) is 0.250. The maximum absolute atomic E-state index is 13.1. The van der Waals surface area contributed by atoms with Crippen molar-refractivity contribution in [3.8, 4) is 0 Å². The number of benzene rings is 2. The Morgan fingerprint density at radius 2 is 1.34 bits per heavy atom. The molecule has 0 N–H and O–H groups in total. The van der Waals surface area contributed by atoms with Crippen molar-refractivity contribution < 1.29 is 9.59 Å². The Labute approximate surface area is 178 Å². The maximum Gasteiger partial charge on any atom is 0.224 e. The van der Waals surface area contributed by atoms with E-state index in [-0.39, 0.29) is 24.1 Å². The molecule has 0 saturated carbocycles. The van der Waals surface area contributed by atoms with E-state index in [9.17, 15) is 9.59 Å². The molecule has 2 aromatic rings. The van der Waals surface area contributed by atoms with E-state index in [1.165, 1.54) is 0 Å². The minimum absolute atomic E-state index is 0. The number of amides is 1. The van der Waals surface area contributed by atoms with Crippen LogP contribution in [0.4, 0.5) is 0 Å². The lowest BCUT2D eigenvalue weighted by Crippen LogP contribution is -2.42. The second kappa shape index (κ2) is 10.7. The Kier molecular flexibility index (Phi) is 8.37. The summed E-state index contributed by atoms with van der Waals surface area (Å²) in [7, 11) is 3.91. The lowest BCUT2D eigenvalue weighted by Gasteiger charge is -2.30. The van der Waals surface area contributed by atoms with Crippen molar-refractivity contribution in [2.75, 3.05) is 33.7 Å². The molecule has 152 valence electrons. The van der Waals surface area contributed by atoms with Crippen LogP contribution in [0.25, 0.3) is 12.2 Å². The molecular formula is C24H27ClN2O2. The molecule has 0 spiro atoms. The summed E-state index contributed by atoms with van der Waals surface area (Å²) in [4.78, 5) is 29.6. The zero-order chi connectivity index (χ0) is 19.9. The van der Waals surface area contributed by atoms with Crippen LogP contribution in [0, 0.1) is 0 Å². The molecule has 5 heteroatoms. The molecule has 0 atom stereocenters. The van der Waals surface area contributed by atoms with Crippen molar-refractivity contribution in [2.45, 2.75) is 6.42 Å². The standard InChI is InChI=1S/C24H26N2O2.ClH/c1-25(2)14-13-23(27)26-17-21(15-19-9-5-3-6-10-19)24(28)22(18-26)16-20-11-7-4-8-12-20;/h3-12,15-16H,13-14,17-18H2,1-2H3;1H. The third kappa shape index (κ3) is 6.41. The maximum atomic E-state index is 13.1. The summed E-state index contributed by atoms with van der Waals surface area (Å²) in [6, 6.07) is 19.5. The highest BCUT2D eigenvalue weighted by atomic mass is 35.5. The predicted octanol–water partition coefficient (Wildman–Crippen LogP) is 3.94. The van der Waals surface area contributed by atoms with Gasteiger partial charge in [0.1, 0.15) is 0 Å². The smallest absolute Gasteiger partial charge is 0.224 e. The van der Waals surface area contributed by atoms with Crippen molar-refractivity contribution in [2.24, 2.45) is 0 Å². The van der Waals surface area contributed by atoms with Gasteiger partial charge in [-0.2, -0.15) is 0 Å². The molecule has 0 aromatic heterocycles. The van der Waals surface area contributed by atoms with Crippen molar-refractivity contribution in [3.63, 3.8) is 0 Å². The Morgan fingerprint density at radius 3 is 1.76 bits per heavy atom. The molecular weight excluding hydrogens is 384 g/mol. The topological polar surface area (TPSA) is 40.6 Å². The monoisotopic (exact) mass is 410 g/mol. The average Bonchev–Trinajstić information content (AvgIpc) is 2.70. The lowest BCUT2D eigenvalue weighted by atomic mass is 9.94. The van der Waals surface area contributed by atoms with Crippen LogP contribution in [0.2, 0.25) is 0 Å². The molecule has 1 aliphatic heterocycles. The van der Waals surface area contributed by atoms with Gasteiger partial charge >= 0.3 is 0 Å². The summed E-state index contributed by atoms with van der Waals surface area (Å²) < 4.78 is 0. The average molecular weight is 411 g/mol. The molecule has 1 aliphatic rings. The number of likely N-dealkylation sites (tertiary alicyclic amines) is 1. The molecule has 0 aliphatic carbocycles. The third-order valence-electron chi connectivity index (χ3n) is 4.71. The molecule has 2 aromatic carbocycles. The van der Waals surface area contributed by atoms with Crippen LogP contribution in [-0.4, -0.2) is 55.2 Å². The van der Waals surface area contributed by atoms with Crippen LogP contribution in [0.1, 0.15) is 17.5 Å². The predicted molar refractivity (Wildman–Crippen MR) is 121 cm³/mol. The van der Waals surface area contributed by atoms with Crippen molar-refractivity contribution in [1.29, 1.82) is 0 Å². The molecule has 3 rings (SSSR count). The highest BCUT2D eigenvalue weighted by Gasteiger charge is 2.28. The second-order valence-electron chi connectivity index (χ2n) is 7.29. The van der Waals surface area contributed by atoms with Gasteiger partial charge in [-0.05, 0) is 37.4 Å². The van der Waals surface area contributed by atoms with E-state index >= 15 is 0 Å². The third-order valence-corrected chi connectivity index (χ3v) is 4.71. The summed E-state index contributed by atoms with van der Waals surface area (Å²) in [5.74, 6) is 0.0866. The van der Waals surface area contributed by atoms with Crippen LogP contribution in [0.3, 0.4) is 0 Å². The fourth-order valence-electron chi connectivity index (χ4n) is 3.19. The van der Waals surface area contributed by atoms with Crippen LogP contribution in [0.15, 0.2) is 71.8 Å². The number of Topliss-reactive ketones (excluding diaryl/α,β-unsaturated/α-hetero) is 1. The van der Waals surface area contributed by atoms with E-state index < -0.39 is 0 Å². The highest BCUT2D eigenvalue weighted by molar-refractivity contribution is 6.15. The molecule has 29 heavy (non-hydrogen) atoms. The number of nitrogens with zero attached hydrogens (tertiary/aromatic N) is 2. The van der Waals surface area contributed by atoms with Gasteiger partial charge < -0.3 is 9.80 Å². The molecule has 0 radical (unpaired) electrons. The van der Waals surface area contributed by atoms with E-state index in [4.69, 9.17) is 0 Å². The molecule has 1 amide bonds. The number of piperidine rings is 1. The van der Waals surface area contributed by atoms with Gasteiger partial charge in [-0.1, -0.05) is 60.7 Å². The largest absolute Gasteiger partial charge is 0.334 e. The van der Waals surface area contributed by atoms with E-state index in [0.29, 0.717) is 37.2 Å². The van der Waals surface area contributed by atoms with Crippen LogP contribution in [-0.2, 0) is 9.59 Å². The number of ketones is 1. The van der Waals surface area contributed by atoms with Gasteiger partial charge in [-0.25, -0.2) is 0 Å². The van der Waals surface area contributed by atoms with Crippen LogP contribution >= 0.6 is 12.4 Å². The van der Waals surface area contributed by atoms with E-state index in [2.05, 4.69) is 0 Å². The SMILES string of the molecule is CN(C)CCC(=O)N1CC(=Cc2ccccc2)C(=O)C(=Cc2ccccc2)C1.Cl. The second-order valence-corrected chi connectivity index (χ2v) is 7.29. The van der Waals surface area contributed by atoms with Crippen LogP contribution < -0.4 is 0 Å². The molecule has 1 saturated heterocycles. The summed E-state index contributed by atoms with van der Waals surface area (Å²) >= 11 is 0. The minimum Gasteiger partial charge on any atom is -0.334 e. The molecule has 0 bridgehead atoms. The zero-order valence-corrected chi connectivity index (χ0v) is 17.7. The first kappa shape index (κ1) is 22.6. The number of carbonyl (C=O) groups is 2. The minimum atomic E-state index is 0. The molecule has 1 fully saturated rings.